The Balaban J connectivity index is 2.65. The highest BCUT2D eigenvalue weighted by Crippen LogP contribution is 2.29. The van der Waals surface area contributed by atoms with Crippen LogP contribution in [0, 0.1) is 13.8 Å². The summed E-state index contributed by atoms with van der Waals surface area (Å²) in [4.78, 5) is 11.5. The molecule has 2 rings (SSSR count). The van der Waals surface area contributed by atoms with Gasteiger partial charge in [0.05, 0.1) is 5.56 Å². The molecule has 0 aliphatic carbocycles. The fourth-order valence-electron chi connectivity index (χ4n) is 2.48. The molecule has 1 aromatic carbocycles. The number of aryl methyl sites for hydroxylation is 1. The van der Waals surface area contributed by atoms with E-state index in [0.29, 0.717) is 5.56 Å². The second kappa shape index (κ2) is 4.92. The second-order valence-electron chi connectivity index (χ2n) is 5.22. The van der Waals surface area contributed by atoms with Crippen LogP contribution in [0.3, 0.4) is 0 Å². The third-order valence-electron chi connectivity index (χ3n) is 3.42. The maximum atomic E-state index is 11.5. The van der Waals surface area contributed by atoms with Crippen LogP contribution in [0.5, 0.6) is 0 Å². The molecule has 1 heterocycles. The van der Waals surface area contributed by atoms with Crippen molar-refractivity contribution >= 4 is 5.91 Å². The summed E-state index contributed by atoms with van der Waals surface area (Å²) in [6.45, 7) is 8.22. The lowest BCUT2D eigenvalue weighted by atomic mass is 10.1. The average molecular weight is 256 g/mol. The number of hydrogen-bond donors (Lipinski definition) is 1. The van der Waals surface area contributed by atoms with Crippen molar-refractivity contribution in [3.8, 4) is 11.3 Å². The zero-order valence-electron chi connectivity index (χ0n) is 11.9. The highest BCUT2D eigenvalue weighted by molar-refractivity contribution is 5.95. The standard InChI is InChI=1S/C16H20N2O/c1-10(2)18-12(4)14(16(17)19)9-15(18)13-7-5-11(3)6-8-13/h5-10H,1-4H3,(H2,17,19). The third kappa shape index (κ3) is 2.41. The minimum Gasteiger partial charge on any atom is -0.366 e. The van der Waals surface area contributed by atoms with E-state index in [1.807, 2.05) is 13.0 Å². The molecule has 0 radical (unpaired) electrons. The maximum Gasteiger partial charge on any atom is 0.250 e. The molecule has 2 N–H and O–H groups in total. The first-order valence-corrected chi connectivity index (χ1v) is 6.50. The van der Waals surface area contributed by atoms with Gasteiger partial charge in [-0.15, -0.1) is 0 Å². The molecule has 0 atom stereocenters. The first-order valence-electron chi connectivity index (χ1n) is 6.50. The van der Waals surface area contributed by atoms with Gasteiger partial charge in [-0.1, -0.05) is 29.8 Å². The minimum absolute atomic E-state index is 0.282. The van der Waals surface area contributed by atoms with Crippen LogP contribution in [-0.4, -0.2) is 10.5 Å². The smallest absolute Gasteiger partial charge is 0.250 e. The van der Waals surface area contributed by atoms with Gasteiger partial charge in [-0.05, 0) is 39.3 Å². The van der Waals surface area contributed by atoms with Crippen molar-refractivity contribution < 1.29 is 4.79 Å². The van der Waals surface area contributed by atoms with Crippen LogP contribution < -0.4 is 5.73 Å². The Kier molecular flexibility index (Phi) is 3.47. The molecule has 0 saturated heterocycles. The predicted molar refractivity (Wildman–Crippen MR) is 78.2 cm³/mol. The zero-order valence-corrected chi connectivity index (χ0v) is 11.9. The van der Waals surface area contributed by atoms with E-state index in [2.05, 4.69) is 49.6 Å². The van der Waals surface area contributed by atoms with Gasteiger partial charge < -0.3 is 10.3 Å². The fourth-order valence-corrected chi connectivity index (χ4v) is 2.48. The Morgan fingerprint density at radius 1 is 1.16 bits per heavy atom. The summed E-state index contributed by atoms with van der Waals surface area (Å²) < 4.78 is 2.16. The lowest BCUT2D eigenvalue weighted by Gasteiger charge is -2.16. The van der Waals surface area contributed by atoms with Gasteiger partial charge in [-0.25, -0.2) is 0 Å². The van der Waals surface area contributed by atoms with Gasteiger partial charge in [0.1, 0.15) is 0 Å². The molecule has 3 heteroatoms. The number of nitrogens with two attached hydrogens (primary N) is 1. The van der Waals surface area contributed by atoms with E-state index < -0.39 is 0 Å². The van der Waals surface area contributed by atoms with E-state index >= 15 is 0 Å². The van der Waals surface area contributed by atoms with Crippen LogP contribution >= 0.6 is 0 Å². The molecule has 0 aliphatic heterocycles. The highest BCUT2D eigenvalue weighted by atomic mass is 16.1. The Labute approximate surface area is 114 Å². The number of carbonyl (C=O) groups excluding carboxylic acids is 1. The minimum atomic E-state index is -0.370. The molecule has 2 aromatic rings. The summed E-state index contributed by atoms with van der Waals surface area (Å²) in [6.07, 6.45) is 0. The van der Waals surface area contributed by atoms with Gasteiger partial charge in [0.2, 0.25) is 0 Å². The monoisotopic (exact) mass is 256 g/mol. The van der Waals surface area contributed by atoms with Crippen LogP contribution in [0.2, 0.25) is 0 Å². The van der Waals surface area contributed by atoms with Crippen molar-refractivity contribution in [3.63, 3.8) is 0 Å². The SMILES string of the molecule is Cc1ccc(-c2cc(C(N)=O)c(C)n2C(C)C)cc1. The molecule has 100 valence electrons. The number of hydrogen-bond acceptors (Lipinski definition) is 1. The molecule has 0 spiro atoms. The van der Waals surface area contributed by atoms with Crippen molar-refractivity contribution in [1.82, 2.24) is 4.57 Å². The first-order chi connectivity index (χ1) is 8.91. The molecule has 0 saturated carbocycles. The Morgan fingerprint density at radius 2 is 1.74 bits per heavy atom. The van der Waals surface area contributed by atoms with Gasteiger partial charge in [0.25, 0.3) is 5.91 Å². The number of rotatable bonds is 3. The predicted octanol–water partition coefficient (Wildman–Crippen LogP) is 3.45. The zero-order chi connectivity index (χ0) is 14.2. The van der Waals surface area contributed by atoms with E-state index in [4.69, 9.17) is 5.73 Å². The summed E-state index contributed by atoms with van der Waals surface area (Å²) >= 11 is 0. The molecule has 3 nitrogen and oxygen atoms in total. The molecule has 0 bridgehead atoms. The summed E-state index contributed by atoms with van der Waals surface area (Å²) in [7, 11) is 0. The summed E-state index contributed by atoms with van der Waals surface area (Å²) in [5.74, 6) is -0.370. The molecular formula is C16H20N2O. The van der Waals surface area contributed by atoms with Gasteiger partial charge in [-0.2, -0.15) is 0 Å². The van der Waals surface area contributed by atoms with Crippen LogP contribution in [0.4, 0.5) is 0 Å². The van der Waals surface area contributed by atoms with Crippen molar-refractivity contribution in [2.75, 3.05) is 0 Å². The number of nitrogens with zero attached hydrogens (tertiary/aromatic N) is 1. The van der Waals surface area contributed by atoms with E-state index in [1.54, 1.807) is 0 Å². The summed E-state index contributed by atoms with van der Waals surface area (Å²) in [5.41, 5.74) is 10.3. The van der Waals surface area contributed by atoms with E-state index in [9.17, 15) is 4.79 Å². The largest absolute Gasteiger partial charge is 0.366 e. The van der Waals surface area contributed by atoms with Crippen LogP contribution in [0.15, 0.2) is 30.3 Å². The number of amides is 1. The number of aromatic nitrogens is 1. The van der Waals surface area contributed by atoms with Crippen LogP contribution in [0.25, 0.3) is 11.3 Å². The normalized spacial score (nSPS) is 11.0. The quantitative estimate of drug-likeness (QED) is 0.898. The van der Waals surface area contributed by atoms with E-state index in [1.165, 1.54) is 5.56 Å². The van der Waals surface area contributed by atoms with Crippen molar-refractivity contribution in [2.24, 2.45) is 5.73 Å². The molecule has 0 unspecified atom stereocenters. The van der Waals surface area contributed by atoms with Crippen molar-refractivity contribution in [2.45, 2.75) is 33.7 Å². The summed E-state index contributed by atoms with van der Waals surface area (Å²) in [6, 6.07) is 10.5. The van der Waals surface area contributed by atoms with Crippen LogP contribution in [-0.2, 0) is 0 Å². The molecule has 0 fully saturated rings. The highest BCUT2D eigenvalue weighted by Gasteiger charge is 2.18. The number of benzene rings is 1. The maximum absolute atomic E-state index is 11.5. The van der Waals surface area contributed by atoms with Gasteiger partial charge in [0.15, 0.2) is 0 Å². The lowest BCUT2D eigenvalue weighted by Crippen LogP contribution is -2.13. The molecule has 19 heavy (non-hydrogen) atoms. The average Bonchev–Trinajstić information content (AvgIpc) is 2.68. The molecule has 1 aromatic heterocycles. The van der Waals surface area contributed by atoms with Crippen LogP contribution in [0.1, 0.15) is 41.5 Å². The van der Waals surface area contributed by atoms with Crippen molar-refractivity contribution in [1.29, 1.82) is 0 Å². The topological polar surface area (TPSA) is 48.0 Å². The summed E-state index contributed by atoms with van der Waals surface area (Å²) in [5, 5.41) is 0. The Bertz CT molecular complexity index is 606. The molecular weight excluding hydrogens is 236 g/mol. The van der Waals surface area contributed by atoms with Gasteiger partial charge in [-0.3, -0.25) is 4.79 Å². The van der Waals surface area contributed by atoms with Crippen molar-refractivity contribution in [3.05, 3.63) is 47.2 Å². The first kappa shape index (κ1) is 13.4. The van der Waals surface area contributed by atoms with E-state index in [-0.39, 0.29) is 11.9 Å². The molecule has 1 amide bonds. The Hall–Kier alpha value is -2.03. The number of carbonyl (C=O) groups is 1. The molecule has 0 aliphatic rings. The van der Waals surface area contributed by atoms with E-state index in [0.717, 1.165) is 17.0 Å². The Morgan fingerprint density at radius 3 is 2.21 bits per heavy atom. The fraction of sp³-hybridized carbons (Fsp3) is 0.312. The number of primary amides is 1. The van der Waals surface area contributed by atoms with Gasteiger partial charge in [0, 0.05) is 17.4 Å². The lowest BCUT2D eigenvalue weighted by molar-refractivity contribution is 0.0999. The second-order valence-corrected chi connectivity index (χ2v) is 5.22. The van der Waals surface area contributed by atoms with Gasteiger partial charge >= 0.3 is 0 Å². The third-order valence-corrected chi connectivity index (χ3v) is 3.42.